The summed E-state index contributed by atoms with van der Waals surface area (Å²) >= 11 is 1.92. The van der Waals surface area contributed by atoms with Gasteiger partial charge in [-0.2, -0.15) is 0 Å². The average molecular weight is 237 g/mol. The normalized spacial score (nSPS) is 17.3. The Hall–Kier alpha value is -0.830. The molecule has 16 heavy (non-hydrogen) atoms. The number of rotatable bonds is 3. The van der Waals surface area contributed by atoms with Crippen LogP contribution in [0.2, 0.25) is 0 Å². The molecule has 0 spiro atoms. The molecule has 0 amide bonds. The monoisotopic (exact) mass is 237 g/mol. The van der Waals surface area contributed by atoms with Gasteiger partial charge >= 0.3 is 0 Å². The Morgan fingerprint density at radius 2 is 2.00 bits per heavy atom. The third-order valence-electron chi connectivity index (χ3n) is 3.09. The van der Waals surface area contributed by atoms with Gasteiger partial charge in [0.2, 0.25) is 0 Å². The van der Waals surface area contributed by atoms with Gasteiger partial charge in [0.05, 0.1) is 12.8 Å². The Bertz CT molecular complexity index is 348. The highest BCUT2D eigenvalue weighted by atomic mass is 32.2. The highest BCUT2D eigenvalue weighted by Crippen LogP contribution is 2.39. The molecule has 0 unspecified atom stereocenters. The van der Waals surface area contributed by atoms with Gasteiger partial charge in [0.1, 0.15) is 5.75 Å². The second-order valence-corrected chi connectivity index (χ2v) is 5.59. The van der Waals surface area contributed by atoms with Gasteiger partial charge in [-0.25, -0.2) is 0 Å². The van der Waals surface area contributed by atoms with E-state index >= 15 is 0 Å². The minimum Gasteiger partial charge on any atom is -0.495 e. The van der Waals surface area contributed by atoms with Crippen LogP contribution in [0.5, 0.6) is 5.75 Å². The van der Waals surface area contributed by atoms with E-state index in [1.54, 1.807) is 7.11 Å². The van der Waals surface area contributed by atoms with Crippen molar-refractivity contribution in [3.63, 3.8) is 0 Å². The molecular weight excluding hydrogens is 218 g/mol. The van der Waals surface area contributed by atoms with Crippen molar-refractivity contribution in [2.45, 2.75) is 42.2 Å². The summed E-state index contributed by atoms with van der Waals surface area (Å²) < 4.78 is 5.24. The van der Waals surface area contributed by atoms with Gasteiger partial charge in [0.15, 0.2) is 0 Å². The van der Waals surface area contributed by atoms with Gasteiger partial charge in [0, 0.05) is 10.1 Å². The molecule has 1 aliphatic carbocycles. The average Bonchev–Trinajstić information content (AvgIpc) is 2.33. The third-order valence-corrected chi connectivity index (χ3v) is 4.51. The summed E-state index contributed by atoms with van der Waals surface area (Å²) in [5, 5.41) is 0.739. The van der Waals surface area contributed by atoms with Crippen LogP contribution in [0.25, 0.3) is 0 Å². The number of methoxy groups -OCH3 is 1. The first-order valence-corrected chi connectivity index (χ1v) is 6.78. The smallest absolute Gasteiger partial charge is 0.142 e. The molecule has 2 nitrogen and oxygen atoms in total. The van der Waals surface area contributed by atoms with Crippen LogP contribution in [-0.2, 0) is 0 Å². The molecule has 0 aromatic heterocycles. The summed E-state index contributed by atoms with van der Waals surface area (Å²) in [5.74, 6) is 0.792. The number of para-hydroxylation sites is 1. The number of thioether (sulfide) groups is 1. The van der Waals surface area contributed by atoms with E-state index < -0.39 is 0 Å². The summed E-state index contributed by atoms with van der Waals surface area (Å²) in [4.78, 5) is 1.17. The Labute approximate surface area is 102 Å². The Morgan fingerprint density at radius 1 is 1.25 bits per heavy atom. The predicted octanol–water partition coefficient (Wildman–Crippen LogP) is 3.70. The first-order chi connectivity index (χ1) is 7.81. The minimum absolute atomic E-state index is 0.739. The summed E-state index contributed by atoms with van der Waals surface area (Å²) in [5.41, 5.74) is 6.86. The molecule has 0 bridgehead atoms. The van der Waals surface area contributed by atoms with Crippen LogP contribution in [0.15, 0.2) is 23.1 Å². The molecule has 0 saturated heterocycles. The molecule has 88 valence electrons. The number of nitrogen functional groups attached to an aromatic ring is 1. The zero-order valence-electron chi connectivity index (χ0n) is 9.74. The SMILES string of the molecule is COc1cccc(SC2CCCCC2)c1N. The van der Waals surface area contributed by atoms with Crippen LogP contribution < -0.4 is 10.5 Å². The van der Waals surface area contributed by atoms with E-state index in [1.165, 1.54) is 37.0 Å². The van der Waals surface area contributed by atoms with Gasteiger partial charge in [-0.05, 0) is 25.0 Å². The van der Waals surface area contributed by atoms with Crippen LogP contribution >= 0.6 is 11.8 Å². The number of hydrogen-bond acceptors (Lipinski definition) is 3. The highest BCUT2D eigenvalue weighted by Gasteiger charge is 2.16. The maximum absolute atomic E-state index is 6.07. The van der Waals surface area contributed by atoms with Crippen LogP contribution in [0, 0.1) is 0 Å². The number of hydrogen-bond donors (Lipinski definition) is 1. The molecule has 0 radical (unpaired) electrons. The van der Waals surface area contributed by atoms with Crippen molar-refractivity contribution in [3.8, 4) is 5.75 Å². The number of benzene rings is 1. The van der Waals surface area contributed by atoms with Crippen LogP contribution in [0.4, 0.5) is 5.69 Å². The number of ether oxygens (including phenoxy) is 1. The maximum atomic E-state index is 6.07. The summed E-state index contributed by atoms with van der Waals surface area (Å²) in [7, 11) is 1.67. The molecule has 0 aliphatic heterocycles. The molecule has 0 atom stereocenters. The number of nitrogens with two attached hydrogens (primary N) is 1. The first kappa shape index (κ1) is 11.6. The molecule has 2 N–H and O–H groups in total. The lowest BCUT2D eigenvalue weighted by atomic mass is 10.0. The van der Waals surface area contributed by atoms with Crippen LogP contribution in [0.1, 0.15) is 32.1 Å². The molecule has 1 aromatic carbocycles. The molecule has 1 aromatic rings. The lowest BCUT2D eigenvalue weighted by molar-refractivity contribution is 0.416. The van der Waals surface area contributed by atoms with Gasteiger partial charge in [0.25, 0.3) is 0 Å². The predicted molar refractivity (Wildman–Crippen MR) is 70.1 cm³/mol. The Kier molecular flexibility index (Phi) is 3.99. The van der Waals surface area contributed by atoms with Crippen LogP contribution in [-0.4, -0.2) is 12.4 Å². The molecule has 1 fully saturated rings. The van der Waals surface area contributed by atoms with Crippen molar-refractivity contribution in [2.75, 3.05) is 12.8 Å². The fourth-order valence-corrected chi connectivity index (χ4v) is 3.48. The molecule has 2 rings (SSSR count). The third kappa shape index (κ3) is 2.64. The van der Waals surface area contributed by atoms with Crippen molar-refractivity contribution in [3.05, 3.63) is 18.2 Å². The topological polar surface area (TPSA) is 35.2 Å². The van der Waals surface area contributed by atoms with E-state index in [-0.39, 0.29) is 0 Å². The van der Waals surface area contributed by atoms with E-state index in [0.29, 0.717) is 0 Å². The van der Waals surface area contributed by atoms with E-state index in [0.717, 1.165) is 16.7 Å². The van der Waals surface area contributed by atoms with E-state index in [9.17, 15) is 0 Å². The van der Waals surface area contributed by atoms with Crippen LogP contribution in [0.3, 0.4) is 0 Å². The summed E-state index contributed by atoms with van der Waals surface area (Å²) in [6.07, 6.45) is 6.76. The quantitative estimate of drug-likeness (QED) is 0.814. The van der Waals surface area contributed by atoms with Gasteiger partial charge in [-0.1, -0.05) is 25.3 Å². The first-order valence-electron chi connectivity index (χ1n) is 5.90. The van der Waals surface area contributed by atoms with E-state index in [1.807, 2.05) is 23.9 Å². The Balaban J connectivity index is 2.08. The zero-order chi connectivity index (χ0) is 11.4. The highest BCUT2D eigenvalue weighted by molar-refractivity contribution is 8.00. The van der Waals surface area contributed by atoms with Crippen molar-refractivity contribution < 1.29 is 4.74 Å². The van der Waals surface area contributed by atoms with Crippen molar-refractivity contribution in [1.82, 2.24) is 0 Å². The van der Waals surface area contributed by atoms with Gasteiger partial charge < -0.3 is 10.5 Å². The van der Waals surface area contributed by atoms with Gasteiger partial charge in [-0.3, -0.25) is 0 Å². The molecular formula is C13H19NOS. The largest absolute Gasteiger partial charge is 0.495 e. The maximum Gasteiger partial charge on any atom is 0.142 e. The van der Waals surface area contributed by atoms with Crippen molar-refractivity contribution in [1.29, 1.82) is 0 Å². The molecule has 1 saturated carbocycles. The van der Waals surface area contributed by atoms with Crippen molar-refractivity contribution >= 4 is 17.4 Å². The lowest BCUT2D eigenvalue weighted by Crippen LogP contribution is -2.08. The summed E-state index contributed by atoms with van der Waals surface area (Å²) in [6.45, 7) is 0. The Morgan fingerprint density at radius 3 is 2.69 bits per heavy atom. The summed E-state index contributed by atoms with van der Waals surface area (Å²) in [6, 6.07) is 6.03. The van der Waals surface area contributed by atoms with E-state index in [2.05, 4.69) is 6.07 Å². The van der Waals surface area contributed by atoms with Gasteiger partial charge in [-0.15, -0.1) is 11.8 Å². The lowest BCUT2D eigenvalue weighted by Gasteiger charge is -2.21. The fraction of sp³-hybridized carbons (Fsp3) is 0.538. The molecule has 1 aliphatic rings. The standard InChI is InChI=1S/C13H19NOS/c1-15-11-8-5-9-12(13(11)14)16-10-6-3-2-4-7-10/h5,8-10H,2-4,6-7,14H2,1H3. The molecule has 3 heteroatoms. The number of anilines is 1. The fourth-order valence-electron chi connectivity index (χ4n) is 2.17. The zero-order valence-corrected chi connectivity index (χ0v) is 10.6. The van der Waals surface area contributed by atoms with E-state index in [4.69, 9.17) is 10.5 Å². The second-order valence-electron chi connectivity index (χ2n) is 4.25. The minimum atomic E-state index is 0.739. The second kappa shape index (κ2) is 5.48. The molecule has 0 heterocycles. The van der Waals surface area contributed by atoms with Crippen molar-refractivity contribution in [2.24, 2.45) is 0 Å².